The molecule has 2 N–H and O–H groups in total. The monoisotopic (exact) mass is 365 g/mol. The summed E-state index contributed by atoms with van der Waals surface area (Å²) in [4.78, 5) is 16.4. The summed E-state index contributed by atoms with van der Waals surface area (Å²) in [5.41, 5.74) is 2.68. The largest absolute Gasteiger partial charge is 0.497 e. The highest BCUT2D eigenvalue weighted by molar-refractivity contribution is 6.04. The van der Waals surface area contributed by atoms with Gasteiger partial charge in [0.25, 0.3) is 5.91 Å². The zero-order valence-electron chi connectivity index (χ0n) is 14.9. The summed E-state index contributed by atoms with van der Waals surface area (Å²) in [6.45, 7) is 0.684. The van der Waals surface area contributed by atoms with Gasteiger partial charge in [0, 0.05) is 24.6 Å². The second-order valence-corrected chi connectivity index (χ2v) is 5.96. The summed E-state index contributed by atoms with van der Waals surface area (Å²) in [5.74, 6) is 0.0774. The summed E-state index contributed by atoms with van der Waals surface area (Å²) in [6, 6.07) is 15.4. The van der Waals surface area contributed by atoms with E-state index in [2.05, 4.69) is 15.6 Å². The number of amides is 1. The number of aromatic nitrogens is 1. The third-order valence-corrected chi connectivity index (χ3v) is 3.96. The highest BCUT2D eigenvalue weighted by Gasteiger charge is 2.08. The van der Waals surface area contributed by atoms with E-state index in [1.165, 1.54) is 18.3 Å². The molecule has 0 spiro atoms. The number of rotatable bonds is 7. The Bertz CT molecular complexity index is 931. The number of nitrogens with one attached hydrogen (secondary N) is 2. The van der Waals surface area contributed by atoms with Crippen molar-refractivity contribution < 1.29 is 13.9 Å². The number of anilines is 2. The van der Waals surface area contributed by atoms with Crippen LogP contribution in [0.4, 0.5) is 15.8 Å². The normalized spacial score (nSPS) is 10.3. The summed E-state index contributed by atoms with van der Waals surface area (Å²) in [7, 11) is 1.64. The topological polar surface area (TPSA) is 63.2 Å². The molecule has 0 radical (unpaired) electrons. The molecule has 2 aromatic carbocycles. The first-order valence-electron chi connectivity index (χ1n) is 8.53. The first-order valence-corrected chi connectivity index (χ1v) is 8.53. The van der Waals surface area contributed by atoms with E-state index in [0.29, 0.717) is 17.8 Å². The van der Waals surface area contributed by atoms with Crippen LogP contribution in [0.15, 0.2) is 67.0 Å². The molecule has 3 rings (SSSR count). The third-order valence-electron chi connectivity index (χ3n) is 3.96. The van der Waals surface area contributed by atoms with Gasteiger partial charge >= 0.3 is 0 Å². The van der Waals surface area contributed by atoms with Gasteiger partial charge < -0.3 is 15.4 Å². The van der Waals surface area contributed by atoms with Crippen LogP contribution < -0.4 is 15.4 Å². The molecule has 0 atom stereocenters. The summed E-state index contributed by atoms with van der Waals surface area (Å²) in [6.07, 6.45) is 3.93. The van der Waals surface area contributed by atoms with Gasteiger partial charge in [0.2, 0.25) is 0 Å². The Hall–Kier alpha value is -3.41. The summed E-state index contributed by atoms with van der Waals surface area (Å²) < 4.78 is 18.4. The fraction of sp³-hybridized carbons (Fsp3) is 0.143. The first kappa shape index (κ1) is 18.4. The maximum absolute atomic E-state index is 13.2. The standard InChI is InChI=1S/C21H20FN3O2/c1-27-20-7-2-4-15(10-20)8-9-24-19-11-16(13-23-14-19)21(26)25-18-6-3-5-17(22)12-18/h2-7,10-14,24H,8-9H2,1H3,(H,25,26). The van der Waals surface area contributed by atoms with Gasteiger partial charge in [-0.3, -0.25) is 9.78 Å². The lowest BCUT2D eigenvalue weighted by atomic mass is 10.1. The fourth-order valence-electron chi connectivity index (χ4n) is 2.61. The maximum Gasteiger partial charge on any atom is 0.257 e. The predicted octanol–water partition coefficient (Wildman–Crippen LogP) is 4.14. The van der Waals surface area contributed by atoms with E-state index in [-0.39, 0.29) is 5.91 Å². The van der Waals surface area contributed by atoms with Crippen LogP contribution in [0.2, 0.25) is 0 Å². The number of carbonyl (C=O) groups excluding carboxylic acids is 1. The van der Waals surface area contributed by atoms with E-state index in [9.17, 15) is 9.18 Å². The van der Waals surface area contributed by atoms with E-state index in [1.54, 1.807) is 31.5 Å². The zero-order valence-corrected chi connectivity index (χ0v) is 14.9. The molecule has 27 heavy (non-hydrogen) atoms. The van der Waals surface area contributed by atoms with Gasteiger partial charge in [0.05, 0.1) is 18.4 Å². The molecule has 5 nitrogen and oxygen atoms in total. The Balaban J connectivity index is 1.58. The zero-order chi connectivity index (χ0) is 19.1. The van der Waals surface area contributed by atoms with Crippen LogP contribution in [-0.2, 0) is 6.42 Å². The molecule has 0 unspecified atom stereocenters. The minimum Gasteiger partial charge on any atom is -0.497 e. The van der Waals surface area contributed by atoms with Crippen molar-refractivity contribution in [3.63, 3.8) is 0 Å². The molecule has 0 saturated carbocycles. The Kier molecular flexibility index (Phi) is 5.99. The van der Waals surface area contributed by atoms with Crippen molar-refractivity contribution in [3.8, 4) is 5.75 Å². The number of ether oxygens (including phenoxy) is 1. The molecule has 0 saturated heterocycles. The van der Waals surface area contributed by atoms with Crippen LogP contribution >= 0.6 is 0 Å². The van der Waals surface area contributed by atoms with E-state index >= 15 is 0 Å². The van der Waals surface area contributed by atoms with Gasteiger partial charge in [-0.2, -0.15) is 0 Å². The Labute approximate surface area is 157 Å². The lowest BCUT2D eigenvalue weighted by molar-refractivity contribution is 0.102. The van der Waals surface area contributed by atoms with Crippen LogP contribution in [0.25, 0.3) is 0 Å². The van der Waals surface area contributed by atoms with Gasteiger partial charge in [-0.15, -0.1) is 0 Å². The van der Waals surface area contributed by atoms with Crippen LogP contribution in [0.1, 0.15) is 15.9 Å². The summed E-state index contributed by atoms with van der Waals surface area (Å²) in [5, 5.41) is 5.92. The molecule has 0 aliphatic rings. The molecule has 1 amide bonds. The molecule has 1 aromatic heterocycles. The molecule has 138 valence electrons. The van der Waals surface area contributed by atoms with Crippen molar-refractivity contribution in [1.29, 1.82) is 0 Å². The SMILES string of the molecule is COc1cccc(CCNc2cncc(C(=O)Nc3cccc(F)c3)c2)c1. The lowest BCUT2D eigenvalue weighted by Gasteiger charge is -2.09. The maximum atomic E-state index is 13.2. The van der Waals surface area contributed by atoms with E-state index in [1.807, 2.05) is 24.3 Å². The number of benzene rings is 2. The quantitative estimate of drug-likeness (QED) is 0.661. The second kappa shape index (κ2) is 8.80. The number of methoxy groups -OCH3 is 1. The van der Waals surface area contributed by atoms with E-state index in [4.69, 9.17) is 4.74 Å². The van der Waals surface area contributed by atoms with E-state index < -0.39 is 5.82 Å². The molecule has 1 heterocycles. The fourth-order valence-corrected chi connectivity index (χ4v) is 2.61. The van der Waals surface area contributed by atoms with Crippen molar-refractivity contribution in [1.82, 2.24) is 4.98 Å². The Morgan fingerprint density at radius 2 is 1.93 bits per heavy atom. The Morgan fingerprint density at radius 3 is 2.74 bits per heavy atom. The highest BCUT2D eigenvalue weighted by atomic mass is 19.1. The molecule has 0 aliphatic heterocycles. The minimum atomic E-state index is -0.404. The van der Waals surface area contributed by atoms with Gasteiger partial charge in [-0.05, 0) is 48.4 Å². The number of nitrogens with zero attached hydrogens (tertiary/aromatic N) is 1. The molecule has 0 bridgehead atoms. The third kappa shape index (κ3) is 5.28. The smallest absolute Gasteiger partial charge is 0.257 e. The van der Waals surface area contributed by atoms with Gasteiger partial charge in [0.15, 0.2) is 0 Å². The van der Waals surface area contributed by atoms with Crippen LogP contribution in [0.3, 0.4) is 0 Å². The first-order chi connectivity index (χ1) is 13.1. The number of hydrogen-bond acceptors (Lipinski definition) is 4. The highest BCUT2D eigenvalue weighted by Crippen LogP contribution is 2.15. The van der Waals surface area contributed by atoms with Crippen LogP contribution in [-0.4, -0.2) is 24.5 Å². The molecular weight excluding hydrogens is 345 g/mol. The number of pyridine rings is 1. The molecular formula is C21H20FN3O2. The predicted molar refractivity (Wildman–Crippen MR) is 104 cm³/mol. The van der Waals surface area contributed by atoms with Gasteiger partial charge in [-0.25, -0.2) is 4.39 Å². The Morgan fingerprint density at radius 1 is 1.07 bits per heavy atom. The van der Waals surface area contributed by atoms with Gasteiger partial charge in [0.1, 0.15) is 11.6 Å². The molecule has 3 aromatic rings. The summed E-state index contributed by atoms with van der Waals surface area (Å²) >= 11 is 0. The van der Waals surface area contributed by atoms with Crippen LogP contribution in [0.5, 0.6) is 5.75 Å². The van der Waals surface area contributed by atoms with E-state index in [0.717, 1.165) is 23.4 Å². The van der Waals surface area contributed by atoms with Crippen molar-refractivity contribution in [2.75, 3.05) is 24.3 Å². The van der Waals surface area contributed by atoms with Crippen molar-refractivity contribution in [3.05, 3.63) is 83.9 Å². The number of halogens is 1. The number of carbonyl (C=O) groups is 1. The number of hydrogen-bond donors (Lipinski definition) is 2. The van der Waals surface area contributed by atoms with Crippen LogP contribution in [0, 0.1) is 5.82 Å². The molecule has 0 aliphatic carbocycles. The van der Waals surface area contributed by atoms with Crippen molar-refractivity contribution in [2.24, 2.45) is 0 Å². The molecule has 0 fully saturated rings. The average Bonchev–Trinajstić information content (AvgIpc) is 2.68. The van der Waals surface area contributed by atoms with Gasteiger partial charge in [-0.1, -0.05) is 18.2 Å². The average molecular weight is 365 g/mol. The molecule has 6 heteroatoms. The van der Waals surface area contributed by atoms with Crippen molar-refractivity contribution >= 4 is 17.3 Å². The second-order valence-electron chi connectivity index (χ2n) is 5.96. The van der Waals surface area contributed by atoms with Crippen molar-refractivity contribution in [2.45, 2.75) is 6.42 Å². The lowest BCUT2D eigenvalue weighted by Crippen LogP contribution is -2.13. The minimum absolute atomic E-state index is 0.343.